The molecule has 4 amide bonds. The van der Waals surface area contributed by atoms with Gasteiger partial charge in [-0.1, -0.05) is 0 Å². The minimum Gasteiger partial charge on any atom is -0.399 e. The lowest BCUT2D eigenvalue weighted by Gasteiger charge is -2.27. The molecule has 0 aromatic heterocycles. The first kappa shape index (κ1) is 12.3. The first-order valence-electron chi connectivity index (χ1n) is 6.10. The molecular formula is C13H11N3O4. The van der Waals surface area contributed by atoms with E-state index in [0.717, 1.165) is 4.90 Å². The molecule has 7 nitrogen and oxygen atoms in total. The highest BCUT2D eigenvalue weighted by Crippen LogP contribution is 2.28. The molecule has 0 radical (unpaired) electrons. The molecule has 1 saturated heterocycles. The monoisotopic (exact) mass is 273 g/mol. The maximum atomic E-state index is 12.3. The van der Waals surface area contributed by atoms with Crippen molar-refractivity contribution in [1.82, 2.24) is 10.2 Å². The number of nitrogens with one attached hydrogen (secondary N) is 1. The van der Waals surface area contributed by atoms with Crippen molar-refractivity contribution in [3.63, 3.8) is 0 Å². The van der Waals surface area contributed by atoms with Gasteiger partial charge in [0.25, 0.3) is 11.8 Å². The van der Waals surface area contributed by atoms with Crippen LogP contribution in [0.1, 0.15) is 33.6 Å². The summed E-state index contributed by atoms with van der Waals surface area (Å²) < 4.78 is 0. The van der Waals surface area contributed by atoms with Crippen molar-refractivity contribution in [2.75, 3.05) is 5.73 Å². The normalized spacial score (nSPS) is 22.0. The number of benzene rings is 1. The SMILES string of the molecule is Nc1ccc2c(c1)C(=O)N([C@@H]1CCC(=O)NC1=O)C2=O. The second kappa shape index (κ2) is 4.16. The largest absolute Gasteiger partial charge is 0.399 e. The summed E-state index contributed by atoms with van der Waals surface area (Å²) in [5.74, 6) is -2.10. The van der Waals surface area contributed by atoms with E-state index in [2.05, 4.69) is 5.32 Å². The van der Waals surface area contributed by atoms with E-state index in [0.29, 0.717) is 5.69 Å². The topological polar surface area (TPSA) is 110 Å². The Morgan fingerprint density at radius 2 is 1.80 bits per heavy atom. The van der Waals surface area contributed by atoms with E-state index < -0.39 is 29.7 Å². The van der Waals surface area contributed by atoms with E-state index >= 15 is 0 Å². The number of hydrogen-bond donors (Lipinski definition) is 2. The number of amides is 4. The zero-order chi connectivity index (χ0) is 14.4. The van der Waals surface area contributed by atoms with Crippen LogP contribution in [0, 0.1) is 0 Å². The van der Waals surface area contributed by atoms with Crippen LogP contribution < -0.4 is 11.1 Å². The fourth-order valence-corrected chi connectivity index (χ4v) is 2.49. The molecule has 1 aromatic rings. The van der Waals surface area contributed by atoms with Crippen LogP contribution in [0.25, 0.3) is 0 Å². The van der Waals surface area contributed by atoms with Crippen molar-refractivity contribution < 1.29 is 19.2 Å². The summed E-state index contributed by atoms with van der Waals surface area (Å²) in [5.41, 5.74) is 6.40. The number of nitrogens with two attached hydrogens (primary N) is 1. The quantitative estimate of drug-likeness (QED) is 0.538. The molecule has 1 aromatic carbocycles. The van der Waals surface area contributed by atoms with Gasteiger partial charge in [0.15, 0.2) is 0 Å². The fraction of sp³-hybridized carbons (Fsp3) is 0.231. The summed E-state index contributed by atoms with van der Waals surface area (Å²) in [7, 11) is 0. The maximum Gasteiger partial charge on any atom is 0.262 e. The van der Waals surface area contributed by atoms with Crippen LogP contribution in [-0.4, -0.2) is 34.6 Å². The van der Waals surface area contributed by atoms with Crippen molar-refractivity contribution >= 4 is 29.3 Å². The summed E-state index contributed by atoms with van der Waals surface area (Å²) in [6, 6.07) is 3.47. The van der Waals surface area contributed by atoms with Crippen LogP contribution in [0.2, 0.25) is 0 Å². The lowest BCUT2D eigenvalue weighted by molar-refractivity contribution is -0.136. The number of carbonyl (C=O) groups is 4. The minimum atomic E-state index is -0.943. The molecule has 20 heavy (non-hydrogen) atoms. The molecule has 0 saturated carbocycles. The molecule has 2 aliphatic rings. The average molecular weight is 273 g/mol. The minimum absolute atomic E-state index is 0.103. The maximum absolute atomic E-state index is 12.3. The Morgan fingerprint density at radius 3 is 2.50 bits per heavy atom. The third-order valence-corrected chi connectivity index (χ3v) is 3.46. The van der Waals surface area contributed by atoms with E-state index in [-0.39, 0.29) is 24.0 Å². The number of rotatable bonds is 1. The van der Waals surface area contributed by atoms with Crippen LogP contribution in [0.15, 0.2) is 18.2 Å². The lowest BCUT2D eigenvalue weighted by atomic mass is 10.0. The van der Waals surface area contributed by atoms with Gasteiger partial charge in [-0.3, -0.25) is 29.4 Å². The molecule has 1 fully saturated rings. The molecule has 102 valence electrons. The molecule has 2 heterocycles. The van der Waals surface area contributed by atoms with E-state index in [1.54, 1.807) is 0 Å². The van der Waals surface area contributed by atoms with E-state index in [9.17, 15) is 19.2 Å². The molecule has 0 spiro atoms. The smallest absolute Gasteiger partial charge is 0.262 e. The summed E-state index contributed by atoms with van der Waals surface area (Å²) in [5, 5.41) is 2.14. The van der Waals surface area contributed by atoms with Crippen LogP contribution in [-0.2, 0) is 9.59 Å². The van der Waals surface area contributed by atoms with E-state index in [1.165, 1.54) is 18.2 Å². The van der Waals surface area contributed by atoms with E-state index in [1.807, 2.05) is 0 Å². The van der Waals surface area contributed by atoms with Gasteiger partial charge in [-0.15, -0.1) is 0 Å². The highest BCUT2D eigenvalue weighted by atomic mass is 16.2. The van der Waals surface area contributed by atoms with Crippen LogP contribution >= 0.6 is 0 Å². The Bertz CT molecular complexity index is 668. The molecule has 2 aliphatic heterocycles. The van der Waals surface area contributed by atoms with Gasteiger partial charge >= 0.3 is 0 Å². The van der Waals surface area contributed by atoms with Gasteiger partial charge < -0.3 is 5.73 Å². The Kier molecular flexibility index (Phi) is 2.56. The Balaban J connectivity index is 1.97. The molecule has 7 heteroatoms. The average Bonchev–Trinajstić information content (AvgIpc) is 2.63. The third kappa shape index (κ3) is 1.67. The number of carbonyl (C=O) groups excluding carboxylic acids is 4. The molecule has 0 aliphatic carbocycles. The summed E-state index contributed by atoms with van der Waals surface area (Å²) >= 11 is 0. The van der Waals surface area contributed by atoms with Crippen molar-refractivity contribution in [3.8, 4) is 0 Å². The molecule has 3 rings (SSSR count). The van der Waals surface area contributed by atoms with Gasteiger partial charge in [0.05, 0.1) is 11.1 Å². The molecule has 1 atom stereocenters. The second-order valence-electron chi connectivity index (χ2n) is 4.75. The van der Waals surface area contributed by atoms with Crippen molar-refractivity contribution in [2.24, 2.45) is 0 Å². The Hall–Kier alpha value is -2.70. The van der Waals surface area contributed by atoms with Gasteiger partial charge in [0.1, 0.15) is 6.04 Å². The van der Waals surface area contributed by atoms with Gasteiger partial charge in [0, 0.05) is 12.1 Å². The summed E-state index contributed by atoms with van der Waals surface area (Å²) in [4.78, 5) is 48.3. The molecule has 3 N–H and O–H groups in total. The number of nitrogen functional groups attached to an aromatic ring is 1. The highest BCUT2D eigenvalue weighted by molar-refractivity contribution is 6.23. The Labute approximate surface area is 113 Å². The predicted molar refractivity (Wildman–Crippen MR) is 67.5 cm³/mol. The number of imide groups is 2. The molecule has 0 bridgehead atoms. The van der Waals surface area contributed by atoms with Crippen LogP contribution in [0.5, 0.6) is 0 Å². The number of nitrogens with zero attached hydrogens (tertiary/aromatic N) is 1. The van der Waals surface area contributed by atoms with E-state index in [4.69, 9.17) is 5.73 Å². The van der Waals surface area contributed by atoms with Crippen molar-refractivity contribution in [3.05, 3.63) is 29.3 Å². The molecular weight excluding hydrogens is 262 g/mol. The first-order chi connectivity index (χ1) is 9.49. The van der Waals surface area contributed by atoms with Crippen molar-refractivity contribution in [1.29, 1.82) is 0 Å². The van der Waals surface area contributed by atoms with Gasteiger partial charge in [0.2, 0.25) is 11.8 Å². The summed E-state index contributed by atoms with van der Waals surface area (Å²) in [6.07, 6.45) is 0.248. The predicted octanol–water partition coefficient (Wildman–Crippen LogP) is -0.330. The second-order valence-corrected chi connectivity index (χ2v) is 4.75. The number of anilines is 1. The van der Waals surface area contributed by atoms with Crippen molar-refractivity contribution in [2.45, 2.75) is 18.9 Å². The summed E-state index contributed by atoms with van der Waals surface area (Å²) in [6.45, 7) is 0. The van der Waals surface area contributed by atoms with Gasteiger partial charge in [-0.25, -0.2) is 0 Å². The lowest BCUT2D eigenvalue weighted by Crippen LogP contribution is -2.54. The van der Waals surface area contributed by atoms with Crippen LogP contribution in [0.3, 0.4) is 0 Å². The standard InChI is InChI=1S/C13H11N3O4/c14-6-1-2-7-8(5-6)13(20)16(12(7)19)9-3-4-10(17)15-11(9)18/h1-2,5,9H,3-4,14H2,(H,15,17,18)/t9-/m1/s1. The first-order valence-corrected chi connectivity index (χ1v) is 6.10. The number of hydrogen-bond acceptors (Lipinski definition) is 5. The Morgan fingerprint density at radius 1 is 1.10 bits per heavy atom. The highest BCUT2D eigenvalue weighted by Gasteiger charge is 2.44. The van der Waals surface area contributed by atoms with Gasteiger partial charge in [-0.2, -0.15) is 0 Å². The molecule has 0 unspecified atom stereocenters. The zero-order valence-electron chi connectivity index (χ0n) is 10.4. The number of piperidine rings is 1. The number of fused-ring (bicyclic) bond motifs is 1. The third-order valence-electron chi connectivity index (χ3n) is 3.46. The van der Waals surface area contributed by atoms with Crippen LogP contribution in [0.4, 0.5) is 5.69 Å². The van der Waals surface area contributed by atoms with Gasteiger partial charge in [-0.05, 0) is 24.6 Å². The zero-order valence-corrected chi connectivity index (χ0v) is 10.4. The fourth-order valence-electron chi connectivity index (χ4n) is 2.49.